The molecule has 0 saturated carbocycles. The van der Waals surface area contributed by atoms with Gasteiger partial charge in [-0.15, -0.1) is 0 Å². The molecule has 1 aromatic heterocycles. The molecule has 1 aliphatic heterocycles. The molecule has 0 radical (unpaired) electrons. The first-order valence-corrected chi connectivity index (χ1v) is 6.53. The van der Waals surface area contributed by atoms with Crippen LogP contribution < -0.4 is 5.32 Å². The molecular formula is C14H23N3. The lowest BCUT2D eigenvalue weighted by Crippen LogP contribution is -2.30. The zero-order valence-electron chi connectivity index (χ0n) is 11.4. The van der Waals surface area contributed by atoms with Gasteiger partial charge in [0.15, 0.2) is 0 Å². The van der Waals surface area contributed by atoms with Crippen LogP contribution in [-0.4, -0.2) is 23.1 Å². The van der Waals surface area contributed by atoms with Crippen LogP contribution in [0.1, 0.15) is 56.7 Å². The van der Waals surface area contributed by atoms with Gasteiger partial charge >= 0.3 is 0 Å². The largest absolute Gasteiger partial charge is 0.316 e. The minimum Gasteiger partial charge on any atom is -0.316 e. The van der Waals surface area contributed by atoms with E-state index in [2.05, 4.69) is 44.1 Å². The Balaban J connectivity index is 2.31. The second kappa shape index (κ2) is 4.73. The monoisotopic (exact) mass is 233 g/mol. The van der Waals surface area contributed by atoms with Gasteiger partial charge in [-0.3, -0.25) is 0 Å². The molecule has 3 nitrogen and oxygen atoms in total. The van der Waals surface area contributed by atoms with Crippen LogP contribution in [-0.2, 0) is 5.41 Å². The topological polar surface area (TPSA) is 37.8 Å². The highest BCUT2D eigenvalue weighted by atomic mass is 14.9. The van der Waals surface area contributed by atoms with Crippen LogP contribution in [0.25, 0.3) is 0 Å². The molecule has 0 amide bonds. The molecule has 1 saturated heterocycles. The van der Waals surface area contributed by atoms with E-state index in [0.717, 1.165) is 30.3 Å². The molecular weight excluding hydrogens is 210 g/mol. The normalized spacial score (nSPS) is 21.5. The molecule has 2 heterocycles. The molecule has 0 bridgehead atoms. The van der Waals surface area contributed by atoms with Crippen LogP contribution in [0, 0.1) is 6.92 Å². The molecule has 1 unspecified atom stereocenters. The minimum absolute atomic E-state index is 0.102. The van der Waals surface area contributed by atoms with Crippen molar-refractivity contribution in [1.29, 1.82) is 0 Å². The third kappa shape index (κ3) is 3.03. The Morgan fingerprint density at radius 3 is 2.65 bits per heavy atom. The van der Waals surface area contributed by atoms with Crippen LogP contribution in [0.3, 0.4) is 0 Å². The number of nitrogens with one attached hydrogen (secondary N) is 1. The lowest BCUT2D eigenvalue weighted by atomic mass is 9.90. The van der Waals surface area contributed by atoms with E-state index in [9.17, 15) is 0 Å². The molecule has 0 aliphatic carbocycles. The zero-order valence-corrected chi connectivity index (χ0v) is 11.4. The SMILES string of the molecule is Cc1cc(C(C)(C)C)nc(C2CCCNC2)n1. The highest BCUT2D eigenvalue weighted by Crippen LogP contribution is 2.25. The quantitative estimate of drug-likeness (QED) is 0.810. The molecule has 1 aliphatic rings. The van der Waals surface area contributed by atoms with Gasteiger partial charge in [-0.2, -0.15) is 0 Å². The first kappa shape index (κ1) is 12.5. The molecule has 1 N–H and O–H groups in total. The molecule has 17 heavy (non-hydrogen) atoms. The summed E-state index contributed by atoms with van der Waals surface area (Å²) in [6, 6.07) is 2.11. The van der Waals surface area contributed by atoms with Crippen molar-refractivity contribution in [2.45, 2.75) is 51.9 Å². The Hall–Kier alpha value is -0.960. The van der Waals surface area contributed by atoms with Gasteiger partial charge in [-0.05, 0) is 32.4 Å². The van der Waals surface area contributed by atoms with Crippen molar-refractivity contribution >= 4 is 0 Å². The van der Waals surface area contributed by atoms with Crippen molar-refractivity contribution in [1.82, 2.24) is 15.3 Å². The van der Waals surface area contributed by atoms with E-state index in [4.69, 9.17) is 4.98 Å². The summed E-state index contributed by atoms with van der Waals surface area (Å²) in [5, 5.41) is 3.43. The van der Waals surface area contributed by atoms with Gasteiger partial charge < -0.3 is 5.32 Å². The smallest absolute Gasteiger partial charge is 0.133 e. The molecule has 0 spiro atoms. The summed E-state index contributed by atoms with van der Waals surface area (Å²) in [5.41, 5.74) is 2.35. The van der Waals surface area contributed by atoms with Gasteiger partial charge in [0, 0.05) is 29.3 Å². The fourth-order valence-corrected chi connectivity index (χ4v) is 2.23. The summed E-state index contributed by atoms with van der Waals surface area (Å²) in [7, 11) is 0. The van der Waals surface area contributed by atoms with Crippen LogP contribution in [0.4, 0.5) is 0 Å². The summed E-state index contributed by atoms with van der Waals surface area (Å²) in [5.74, 6) is 1.52. The second-order valence-electron chi connectivity index (χ2n) is 6.05. The van der Waals surface area contributed by atoms with Crippen molar-refractivity contribution in [2.24, 2.45) is 0 Å². The Bertz CT molecular complexity index is 387. The third-order valence-electron chi connectivity index (χ3n) is 3.30. The maximum atomic E-state index is 4.78. The fraction of sp³-hybridized carbons (Fsp3) is 0.714. The van der Waals surface area contributed by atoms with E-state index >= 15 is 0 Å². The summed E-state index contributed by atoms with van der Waals surface area (Å²) < 4.78 is 0. The predicted molar refractivity (Wildman–Crippen MR) is 70.3 cm³/mol. The molecule has 3 heteroatoms. The zero-order chi connectivity index (χ0) is 12.5. The van der Waals surface area contributed by atoms with E-state index < -0.39 is 0 Å². The highest BCUT2D eigenvalue weighted by molar-refractivity contribution is 5.19. The van der Waals surface area contributed by atoms with Crippen LogP contribution in [0.2, 0.25) is 0 Å². The maximum absolute atomic E-state index is 4.78. The maximum Gasteiger partial charge on any atom is 0.133 e. The lowest BCUT2D eigenvalue weighted by Gasteiger charge is -2.24. The standard InChI is InChI=1S/C14H23N3/c1-10-8-12(14(2,3)4)17-13(16-10)11-6-5-7-15-9-11/h8,11,15H,5-7,9H2,1-4H3. The van der Waals surface area contributed by atoms with Crippen LogP contribution >= 0.6 is 0 Å². The van der Waals surface area contributed by atoms with Crippen molar-refractivity contribution < 1.29 is 0 Å². The van der Waals surface area contributed by atoms with E-state index in [1.54, 1.807) is 0 Å². The van der Waals surface area contributed by atoms with Gasteiger partial charge in [0.25, 0.3) is 0 Å². The van der Waals surface area contributed by atoms with Crippen molar-refractivity contribution in [3.05, 3.63) is 23.3 Å². The van der Waals surface area contributed by atoms with Gasteiger partial charge in [0.05, 0.1) is 0 Å². The number of piperidine rings is 1. The number of aryl methyl sites for hydroxylation is 1. The van der Waals surface area contributed by atoms with E-state index in [1.165, 1.54) is 12.8 Å². The average molecular weight is 233 g/mol. The van der Waals surface area contributed by atoms with Crippen LogP contribution in [0.15, 0.2) is 6.07 Å². The molecule has 1 aromatic rings. The lowest BCUT2D eigenvalue weighted by molar-refractivity contribution is 0.440. The first-order valence-electron chi connectivity index (χ1n) is 6.53. The summed E-state index contributed by atoms with van der Waals surface area (Å²) >= 11 is 0. The molecule has 2 rings (SSSR count). The molecule has 0 aromatic carbocycles. The van der Waals surface area contributed by atoms with E-state index in [-0.39, 0.29) is 5.41 Å². The Morgan fingerprint density at radius 1 is 1.29 bits per heavy atom. The number of aromatic nitrogens is 2. The highest BCUT2D eigenvalue weighted by Gasteiger charge is 2.22. The van der Waals surface area contributed by atoms with Gasteiger partial charge in [-0.25, -0.2) is 9.97 Å². The van der Waals surface area contributed by atoms with E-state index in [1.807, 2.05) is 0 Å². The Kier molecular flexibility index (Phi) is 3.48. The minimum atomic E-state index is 0.102. The Labute approximate surface area is 104 Å². The number of nitrogens with zero attached hydrogens (tertiary/aromatic N) is 2. The molecule has 1 atom stereocenters. The first-order chi connectivity index (χ1) is 7.97. The summed E-state index contributed by atoms with van der Waals surface area (Å²) in [6.45, 7) is 10.8. The van der Waals surface area contributed by atoms with E-state index in [0.29, 0.717) is 5.92 Å². The number of hydrogen-bond donors (Lipinski definition) is 1. The second-order valence-corrected chi connectivity index (χ2v) is 6.05. The third-order valence-corrected chi connectivity index (χ3v) is 3.30. The number of hydrogen-bond acceptors (Lipinski definition) is 3. The summed E-state index contributed by atoms with van der Waals surface area (Å²) in [4.78, 5) is 9.40. The van der Waals surface area contributed by atoms with Gasteiger partial charge in [0.1, 0.15) is 5.82 Å². The molecule has 94 valence electrons. The van der Waals surface area contributed by atoms with Crippen molar-refractivity contribution in [3.8, 4) is 0 Å². The molecule has 1 fully saturated rings. The predicted octanol–water partition coefficient (Wildman–Crippen LogP) is 2.55. The Morgan fingerprint density at radius 2 is 2.06 bits per heavy atom. The van der Waals surface area contributed by atoms with Crippen molar-refractivity contribution in [2.75, 3.05) is 13.1 Å². The van der Waals surface area contributed by atoms with Gasteiger partial charge in [-0.1, -0.05) is 20.8 Å². The average Bonchev–Trinajstić information content (AvgIpc) is 2.28. The fourth-order valence-electron chi connectivity index (χ4n) is 2.23. The number of rotatable bonds is 1. The summed E-state index contributed by atoms with van der Waals surface area (Å²) in [6.07, 6.45) is 2.44. The van der Waals surface area contributed by atoms with Crippen molar-refractivity contribution in [3.63, 3.8) is 0 Å². The van der Waals surface area contributed by atoms with Gasteiger partial charge in [0.2, 0.25) is 0 Å². The van der Waals surface area contributed by atoms with Crippen LogP contribution in [0.5, 0.6) is 0 Å².